The molecule has 0 radical (unpaired) electrons. The van der Waals surface area contributed by atoms with E-state index in [4.69, 9.17) is 15.2 Å². The molecule has 0 saturated carbocycles. The summed E-state index contributed by atoms with van der Waals surface area (Å²) in [4.78, 5) is 0. The second-order valence-corrected chi connectivity index (χ2v) is 4.19. The van der Waals surface area contributed by atoms with Gasteiger partial charge in [0, 0.05) is 12.6 Å². The molecule has 1 atom stereocenters. The van der Waals surface area contributed by atoms with Crippen LogP contribution in [0.4, 0.5) is 13.2 Å². The van der Waals surface area contributed by atoms with E-state index < -0.39 is 18.8 Å². The molecule has 0 aliphatic carbocycles. The van der Waals surface area contributed by atoms with Gasteiger partial charge in [-0.15, -0.1) is 0 Å². The van der Waals surface area contributed by atoms with Gasteiger partial charge in [0.25, 0.3) is 6.43 Å². The molecular formula is C13H18F3NO2. The molecule has 0 aliphatic rings. The van der Waals surface area contributed by atoms with E-state index >= 15 is 0 Å². The van der Waals surface area contributed by atoms with E-state index in [1.807, 2.05) is 0 Å². The van der Waals surface area contributed by atoms with Crippen molar-refractivity contribution in [1.82, 2.24) is 0 Å². The second-order valence-electron chi connectivity index (χ2n) is 4.19. The monoisotopic (exact) mass is 277 g/mol. The molecule has 6 heteroatoms. The number of hydrogen-bond acceptors (Lipinski definition) is 3. The van der Waals surface area contributed by atoms with Gasteiger partial charge in [-0.05, 0) is 30.5 Å². The quantitative estimate of drug-likeness (QED) is 0.742. The molecule has 0 heterocycles. The maximum absolute atomic E-state index is 13.4. The third-order valence-electron chi connectivity index (χ3n) is 2.59. The second kappa shape index (κ2) is 8.01. The number of halogens is 3. The SMILES string of the molecule is COc1ccc(CC(N)CCOCC(F)F)cc1F. The predicted molar refractivity (Wildman–Crippen MR) is 66.1 cm³/mol. The lowest BCUT2D eigenvalue weighted by Gasteiger charge is -2.12. The van der Waals surface area contributed by atoms with Crippen molar-refractivity contribution in [3.05, 3.63) is 29.6 Å². The summed E-state index contributed by atoms with van der Waals surface area (Å²) in [5, 5.41) is 0. The normalized spacial score (nSPS) is 12.7. The lowest BCUT2D eigenvalue weighted by atomic mass is 10.0. The first-order chi connectivity index (χ1) is 9.02. The standard InChI is InChI=1S/C13H18F3NO2/c1-18-12-3-2-9(7-11(12)14)6-10(17)4-5-19-8-13(15)16/h2-3,7,10,13H,4-6,8,17H2,1H3. The minimum absolute atomic E-state index is 0.171. The van der Waals surface area contributed by atoms with Crippen LogP contribution in [0.2, 0.25) is 0 Å². The van der Waals surface area contributed by atoms with Crippen LogP contribution < -0.4 is 10.5 Å². The van der Waals surface area contributed by atoms with Gasteiger partial charge in [0.15, 0.2) is 11.6 Å². The molecule has 3 nitrogen and oxygen atoms in total. The van der Waals surface area contributed by atoms with Crippen LogP contribution in [0.15, 0.2) is 18.2 Å². The molecule has 0 amide bonds. The Morgan fingerprint density at radius 1 is 1.32 bits per heavy atom. The number of nitrogens with two attached hydrogens (primary N) is 1. The zero-order valence-corrected chi connectivity index (χ0v) is 10.7. The fourth-order valence-corrected chi connectivity index (χ4v) is 1.65. The number of rotatable bonds is 8. The van der Waals surface area contributed by atoms with E-state index in [1.54, 1.807) is 6.07 Å². The Kier molecular flexibility index (Phi) is 6.66. The molecule has 0 fully saturated rings. The van der Waals surface area contributed by atoms with Crippen LogP contribution in [0.25, 0.3) is 0 Å². The van der Waals surface area contributed by atoms with Crippen molar-refractivity contribution in [3.8, 4) is 5.75 Å². The maximum atomic E-state index is 13.4. The van der Waals surface area contributed by atoms with Gasteiger partial charge in [0.05, 0.1) is 7.11 Å². The number of ether oxygens (including phenoxy) is 2. The molecule has 2 N–H and O–H groups in total. The fourth-order valence-electron chi connectivity index (χ4n) is 1.65. The lowest BCUT2D eigenvalue weighted by molar-refractivity contribution is 0.0153. The molecule has 0 saturated heterocycles. The van der Waals surface area contributed by atoms with Gasteiger partial charge < -0.3 is 15.2 Å². The molecular weight excluding hydrogens is 259 g/mol. The summed E-state index contributed by atoms with van der Waals surface area (Å²) in [6, 6.07) is 4.36. The van der Waals surface area contributed by atoms with E-state index in [9.17, 15) is 13.2 Å². The Bertz CT molecular complexity index is 388. The lowest BCUT2D eigenvalue weighted by Crippen LogP contribution is -2.25. The molecule has 0 bridgehead atoms. The highest BCUT2D eigenvalue weighted by Gasteiger charge is 2.09. The van der Waals surface area contributed by atoms with E-state index in [1.165, 1.54) is 19.2 Å². The van der Waals surface area contributed by atoms with E-state index in [-0.39, 0.29) is 18.4 Å². The molecule has 1 unspecified atom stereocenters. The Balaban J connectivity index is 2.35. The van der Waals surface area contributed by atoms with Gasteiger partial charge in [0.1, 0.15) is 6.61 Å². The van der Waals surface area contributed by atoms with Crippen LogP contribution in [0, 0.1) is 5.82 Å². The van der Waals surface area contributed by atoms with Gasteiger partial charge in [-0.1, -0.05) is 6.07 Å². The molecule has 108 valence electrons. The topological polar surface area (TPSA) is 44.5 Å². The van der Waals surface area contributed by atoms with Crippen LogP contribution in [0.1, 0.15) is 12.0 Å². The third kappa shape index (κ3) is 5.94. The van der Waals surface area contributed by atoms with Gasteiger partial charge in [-0.3, -0.25) is 0 Å². The van der Waals surface area contributed by atoms with E-state index in [2.05, 4.69) is 0 Å². The summed E-state index contributed by atoms with van der Waals surface area (Å²) in [6.45, 7) is -0.409. The van der Waals surface area contributed by atoms with Crippen molar-refractivity contribution in [3.63, 3.8) is 0 Å². The van der Waals surface area contributed by atoms with Gasteiger partial charge in [0.2, 0.25) is 0 Å². The van der Waals surface area contributed by atoms with E-state index in [0.717, 1.165) is 5.56 Å². The van der Waals surface area contributed by atoms with Crippen molar-refractivity contribution >= 4 is 0 Å². The molecule has 0 aromatic heterocycles. The maximum Gasteiger partial charge on any atom is 0.261 e. The summed E-state index contributed by atoms with van der Waals surface area (Å²) in [5.74, 6) is -0.265. The number of methoxy groups -OCH3 is 1. The Morgan fingerprint density at radius 2 is 2.05 bits per heavy atom. The van der Waals surface area contributed by atoms with Crippen LogP contribution in [0.5, 0.6) is 5.75 Å². The highest BCUT2D eigenvalue weighted by atomic mass is 19.3. The van der Waals surface area contributed by atoms with Gasteiger partial charge >= 0.3 is 0 Å². The number of hydrogen-bond donors (Lipinski definition) is 1. The summed E-state index contributed by atoms with van der Waals surface area (Å²) in [5.41, 5.74) is 6.56. The summed E-state index contributed by atoms with van der Waals surface area (Å²) in [7, 11) is 1.39. The summed E-state index contributed by atoms with van der Waals surface area (Å²) < 4.78 is 46.6. The average Bonchev–Trinajstić information content (AvgIpc) is 2.35. The van der Waals surface area contributed by atoms with Crippen molar-refractivity contribution in [2.24, 2.45) is 5.73 Å². The largest absolute Gasteiger partial charge is 0.494 e. The minimum atomic E-state index is -2.47. The molecule has 1 rings (SSSR count). The zero-order chi connectivity index (χ0) is 14.3. The molecule has 1 aromatic carbocycles. The van der Waals surface area contributed by atoms with Gasteiger partial charge in [-0.2, -0.15) is 0 Å². The smallest absolute Gasteiger partial charge is 0.261 e. The number of benzene rings is 1. The van der Waals surface area contributed by atoms with E-state index in [0.29, 0.717) is 12.8 Å². The highest BCUT2D eigenvalue weighted by Crippen LogP contribution is 2.18. The van der Waals surface area contributed by atoms with Crippen LogP contribution in [-0.2, 0) is 11.2 Å². The molecule has 0 aliphatic heterocycles. The highest BCUT2D eigenvalue weighted by molar-refractivity contribution is 5.29. The van der Waals surface area contributed by atoms with Crippen LogP contribution in [-0.4, -0.2) is 32.8 Å². The predicted octanol–water partition coefficient (Wildman–Crippen LogP) is 2.38. The van der Waals surface area contributed by atoms with Crippen molar-refractivity contribution in [2.75, 3.05) is 20.3 Å². The number of alkyl halides is 2. The Labute approximate surface area is 110 Å². The van der Waals surface area contributed by atoms with Crippen molar-refractivity contribution in [1.29, 1.82) is 0 Å². The first-order valence-electron chi connectivity index (χ1n) is 5.96. The first-order valence-corrected chi connectivity index (χ1v) is 5.96. The van der Waals surface area contributed by atoms with Crippen LogP contribution in [0.3, 0.4) is 0 Å². The fraction of sp³-hybridized carbons (Fsp3) is 0.538. The van der Waals surface area contributed by atoms with Gasteiger partial charge in [-0.25, -0.2) is 13.2 Å². The molecule has 19 heavy (non-hydrogen) atoms. The summed E-state index contributed by atoms with van der Waals surface area (Å²) >= 11 is 0. The van der Waals surface area contributed by atoms with Crippen molar-refractivity contribution in [2.45, 2.75) is 25.3 Å². The zero-order valence-electron chi connectivity index (χ0n) is 10.7. The third-order valence-corrected chi connectivity index (χ3v) is 2.59. The minimum Gasteiger partial charge on any atom is -0.494 e. The first kappa shape index (κ1) is 15.8. The summed E-state index contributed by atoms with van der Waals surface area (Å²) in [6.07, 6.45) is -1.56. The Morgan fingerprint density at radius 3 is 2.63 bits per heavy atom. The van der Waals surface area contributed by atoms with Crippen LogP contribution >= 0.6 is 0 Å². The molecule has 0 spiro atoms. The average molecular weight is 277 g/mol. The Hall–Kier alpha value is -1.27. The molecule has 1 aromatic rings. The van der Waals surface area contributed by atoms with Crippen molar-refractivity contribution < 1.29 is 22.6 Å².